The number of nitrogens with one attached hydrogen (secondary N) is 3. The number of benzene rings is 1. The molecule has 1 heterocycles. The average Bonchev–Trinajstić information content (AvgIpc) is 2.52. The minimum atomic E-state index is -0.600. The highest BCUT2D eigenvalue weighted by molar-refractivity contribution is 7.80. The molecule has 128 valence electrons. The Morgan fingerprint density at radius 3 is 2.75 bits per heavy atom. The van der Waals surface area contributed by atoms with Crippen molar-refractivity contribution in [3.63, 3.8) is 0 Å². The summed E-state index contributed by atoms with van der Waals surface area (Å²) < 4.78 is 5.43. The second-order valence-corrected chi connectivity index (χ2v) is 6.48. The van der Waals surface area contributed by atoms with E-state index < -0.39 is 5.91 Å². The summed E-state index contributed by atoms with van der Waals surface area (Å²) in [5.41, 5.74) is 4.90. The van der Waals surface area contributed by atoms with Gasteiger partial charge in [0.25, 0.3) is 0 Å². The van der Waals surface area contributed by atoms with Gasteiger partial charge in [0.2, 0.25) is 0 Å². The van der Waals surface area contributed by atoms with E-state index in [1.807, 2.05) is 0 Å². The summed E-state index contributed by atoms with van der Waals surface area (Å²) in [6, 6.07) is 5.74. The first kappa shape index (κ1) is 18.2. The summed E-state index contributed by atoms with van der Waals surface area (Å²) >= 11 is 10.9. The molecular weight excluding hydrogens is 350 g/mol. The van der Waals surface area contributed by atoms with E-state index in [-0.39, 0.29) is 16.8 Å². The summed E-state index contributed by atoms with van der Waals surface area (Å²) in [6.07, 6.45) is 0.956. The number of rotatable bonds is 4. The third-order valence-electron chi connectivity index (χ3n) is 3.21. The lowest BCUT2D eigenvalue weighted by molar-refractivity contribution is 0.0916. The average molecular weight is 368 g/mol. The van der Waals surface area contributed by atoms with Gasteiger partial charge < -0.3 is 9.73 Å². The van der Waals surface area contributed by atoms with Gasteiger partial charge in [-0.1, -0.05) is 25.4 Å². The van der Waals surface area contributed by atoms with E-state index >= 15 is 0 Å². The molecule has 0 bridgehead atoms. The van der Waals surface area contributed by atoms with E-state index in [9.17, 15) is 9.59 Å². The van der Waals surface area contributed by atoms with Crippen LogP contribution in [0.3, 0.4) is 0 Å². The first-order chi connectivity index (χ1) is 11.4. The third kappa shape index (κ3) is 4.94. The molecule has 0 aliphatic rings. The second-order valence-electron chi connectivity index (χ2n) is 5.63. The first-order valence-electron chi connectivity index (χ1n) is 7.44. The maximum atomic E-state index is 12.1. The van der Waals surface area contributed by atoms with Gasteiger partial charge in [0.15, 0.2) is 16.3 Å². The molecule has 2 aromatic rings. The molecular formula is C16H18ClN3O3S. The Kier molecular flexibility index (Phi) is 6.16. The van der Waals surface area contributed by atoms with Gasteiger partial charge >= 0.3 is 5.91 Å². The summed E-state index contributed by atoms with van der Waals surface area (Å²) in [5, 5.41) is 4.00. The topological polar surface area (TPSA) is 83.4 Å². The minimum Gasteiger partial charge on any atom is -0.451 e. The van der Waals surface area contributed by atoms with E-state index in [2.05, 4.69) is 30.0 Å². The molecule has 0 atom stereocenters. The van der Waals surface area contributed by atoms with E-state index in [1.54, 1.807) is 12.1 Å². The van der Waals surface area contributed by atoms with Crippen LogP contribution in [0.15, 0.2) is 33.5 Å². The molecule has 0 unspecified atom stereocenters. The zero-order valence-corrected chi connectivity index (χ0v) is 14.9. The van der Waals surface area contributed by atoms with Crippen LogP contribution >= 0.6 is 23.8 Å². The van der Waals surface area contributed by atoms with E-state index in [0.29, 0.717) is 28.0 Å². The normalized spacial score (nSPS) is 10.7. The van der Waals surface area contributed by atoms with Crippen LogP contribution in [0.1, 0.15) is 30.8 Å². The van der Waals surface area contributed by atoms with Crippen molar-refractivity contribution in [2.24, 2.45) is 5.92 Å². The van der Waals surface area contributed by atoms with Crippen LogP contribution in [-0.2, 0) is 0 Å². The van der Waals surface area contributed by atoms with Crippen LogP contribution in [0, 0.1) is 5.92 Å². The Bertz CT molecular complexity index is 820. The number of hydrogen-bond donors (Lipinski definition) is 3. The van der Waals surface area contributed by atoms with E-state index in [4.69, 9.17) is 28.2 Å². The maximum absolute atomic E-state index is 12.1. The van der Waals surface area contributed by atoms with Crippen LogP contribution in [0.2, 0.25) is 5.02 Å². The summed E-state index contributed by atoms with van der Waals surface area (Å²) in [4.78, 5) is 24.1. The highest BCUT2D eigenvalue weighted by atomic mass is 35.5. The monoisotopic (exact) mass is 367 g/mol. The summed E-state index contributed by atoms with van der Waals surface area (Å²) in [7, 11) is 0. The Morgan fingerprint density at radius 2 is 2.04 bits per heavy atom. The molecule has 0 fully saturated rings. The molecule has 24 heavy (non-hydrogen) atoms. The van der Waals surface area contributed by atoms with Crippen LogP contribution < -0.4 is 21.6 Å². The molecule has 3 N–H and O–H groups in total. The molecule has 0 aliphatic heterocycles. The smallest absolute Gasteiger partial charge is 0.305 e. The molecule has 0 radical (unpaired) electrons. The van der Waals surface area contributed by atoms with Crippen LogP contribution in [0.5, 0.6) is 0 Å². The second kappa shape index (κ2) is 8.12. The van der Waals surface area contributed by atoms with Crippen molar-refractivity contribution >= 4 is 45.8 Å². The van der Waals surface area contributed by atoms with Crippen molar-refractivity contribution in [2.45, 2.75) is 20.3 Å². The van der Waals surface area contributed by atoms with Crippen molar-refractivity contribution in [3.05, 3.63) is 45.3 Å². The van der Waals surface area contributed by atoms with Gasteiger partial charge in [0.1, 0.15) is 5.58 Å². The Labute approximate surface area is 149 Å². The molecule has 1 aromatic carbocycles. The Balaban J connectivity index is 2.00. The zero-order valence-electron chi connectivity index (χ0n) is 13.3. The molecule has 1 aromatic heterocycles. The molecule has 0 saturated heterocycles. The predicted octanol–water partition coefficient (Wildman–Crippen LogP) is 2.60. The van der Waals surface area contributed by atoms with Crippen molar-refractivity contribution in [1.29, 1.82) is 0 Å². The van der Waals surface area contributed by atoms with Crippen molar-refractivity contribution in [2.75, 3.05) is 6.54 Å². The SMILES string of the molecule is CC(C)CCNC(=S)NNC(=O)c1cc(=O)c2cc(Cl)ccc2o1. The molecule has 0 spiro atoms. The zero-order chi connectivity index (χ0) is 17.7. The van der Waals surface area contributed by atoms with Gasteiger partial charge in [-0.25, -0.2) is 0 Å². The Morgan fingerprint density at radius 1 is 1.29 bits per heavy atom. The number of amides is 1. The molecule has 8 heteroatoms. The fraction of sp³-hybridized carbons (Fsp3) is 0.312. The van der Waals surface area contributed by atoms with Crippen molar-refractivity contribution < 1.29 is 9.21 Å². The van der Waals surface area contributed by atoms with Crippen LogP contribution in [0.4, 0.5) is 0 Å². The molecule has 6 nitrogen and oxygen atoms in total. The van der Waals surface area contributed by atoms with E-state index in [1.165, 1.54) is 6.07 Å². The lowest BCUT2D eigenvalue weighted by Gasteiger charge is -2.12. The predicted molar refractivity (Wildman–Crippen MR) is 98.2 cm³/mol. The van der Waals surface area contributed by atoms with Gasteiger partial charge in [0, 0.05) is 17.6 Å². The van der Waals surface area contributed by atoms with E-state index in [0.717, 1.165) is 12.5 Å². The number of carbonyl (C=O) groups is 1. The highest BCUT2D eigenvalue weighted by Crippen LogP contribution is 2.17. The van der Waals surface area contributed by atoms with Gasteiger partial charge in [0.05, 0.1) is 5.39 Å². The maximum Gasteiger partial charge on any atom is 0.305 e. The van der Waals surface area contributed by atoms with Gasteiger partial charge in [-0.15, -0.1) is 0 Å². The van der Waals surface area contributed by atoms with Crippen molar-refractivity contribution in [3.8, 4) is 0 Å². The fourth-order valence-electron chi connectivity index (χ4n) is 1.93. The summed E-state index contributed by atoms with van der Waals surface area (Å²) in [5.74, 6) is -0.167. The Hall–Kier alpha value is -2.12. The number of hydrazine groups is 1. The lowest BCUT2D eigenvalue weighted by atomic mass is 10.1. The number of hydrogen-bond acceptors (Lipinski definition) is 4. The highest BCUT2D eigenvalue weighted by Gasteiger charge is 2.12. The molecule has 2 rings (SSSR count). The van der Waals surface area contributed by atoms with Gasteiger partial charge in [-0.2, -0.15) is 0 Å². The molecule has 0 saturated carbocycles. The van der Waals surface area contributed by atoms with Crippen LogP contribution in [-0.4, -0.2) is 17.6 Å². The summed E-state index contributed by atoms with van der Waals surface area (Å²) in [6.45, 7) is 4.91. The number of fused-ring (bicyclic) bond motifs is 1. The number of carbonyl (C=O) groups excluding carboxylic acids is 1. The first-order valence-corrected chi connectivity index (χ1v) is 8.23. The third-order valence-corrected chi connectivity index (χ3v) is 3.69. The molecule has 1 amide bonds. The minimum absolute atomic E-state index is 0.118. The standard InChI is InChI=1S/C16H18ClN3O3S/c1-9(2)5-6-18-16(24)20-19-15(22)14-8-12(21)11-7-10(17)3-4-13(11)23-14/h3-4,7-9H,5-6H2,1-2H3,(H,19,22)(H2,18,20,24). The quantitative estimate of drug-likeness (QED) is 0.569. The van der Waals surface area contributed by atoms with Crippen LogP contribution in [0.25, 0.3) is 11.0 Å². The molecule has 0 aliphatic carbocycles. The number of halogens is 1. The largest absolute Gasteiger partial charge is 0.451 e. The van der Waals surface area contributed by atoms with Gasteiger partial charge in [-0.05, 0) is 42.8 Å². The lowest BCUT2D eigenvalue weighted by Crippen LogP contribution is -2.47. The fourth-order valence-corrected chi connectivity index (χ4v) is 2.26. The van der Waals surface area contributed by atoms with Gasteiger partial charge in [-0.3, -0.25) is 20.4 Å². The number of thiocarbonyl (C=S) groups is 1. The van der Waals surface area contributed by atoms with Crippen molar-refractivity contribution in [1.82, 2.24) is 16.2 Å².